The SMILES string of the molecule is O=C(c1ccnc(Cl)c1)c1cccc2c1OCC2. The Bertz CT molecular complexity index is 625. The number of rotatable bonds is 2. The maximum Gasteiger partial charge on any atom is 0.196 e. The van der Waals surface area contributed by atoms with Crippen molar-refractivity contribution >= 4 is 17.4 Å². The topological polar surface area (TPSA) is 39.2 Å². The Kier molecular flexibility index (Phi) is 2.76. The quantitative estimate of drug-likeness (QED) is 0.615. The van der Waals surface area contributed by atoms with E-state index in [1.807, 2.05) is 12.1 Å². The number of nitrogens with zero attached hydrogens (tertiary/aromatic N) is 1. The minimum absolute atomic E-state index is 0.0851. The molecule has 0 unspecified atom stereocenters. The van der Waals surface area contributed by atoms with Crippen molar-refractivity contribution in [2.24, 2.45) is 0 Å². The Balaban J connectivity index is 2.06. The Morgan fingerprint density at radius 1 is 1.33 bits per heavy atom. The summed E-state index contributed by atoms with van der Waals surface area (Å²) in [7, 11) is 0. The first kappa shape index (κ1) is 11.2. The van der Waals surface area contributed by atoms with Crippen molar-refractivity contribution in [1.82, 2.24) is 4.98 Å². The number of hydrogen-bond acceptors (Lipinski definition) is 3. The first-order valence-electron chi connectivity index (χ1n) is 5.66. The Morgan fingerprint density at radius 2 is 2.22 bits per heavy atom. The van der Waals surface area contributed by atoms with Gasteiger partial charge in [0.25, 0.3) is 0 Å². The Labute approximate surface area is 109 Å². The van der Waals surface area contributed by atoms with Gasteiger partial charge in [-0.05, 0) is 23.8 Å². The number of fused-ring (bicyclic) bond motifs is 1. The fraction of sp³-hybridized carbons (Fsp3) is 0.143. The lowest BCUT2D eigenvalue weighted by atomic mass is 10.0. The van der Waals surface area contributed by atoms with Gasteiger partial charge in [0.05, 0.1) is 12.2 Å². The maximum atomic E-state index is 12.4. The van der Waals surface area contributed by atoms with Crippen molar-refractivity contribution in [3.8, 4) is 5.75 Å². The minimum Gasteiger partial charge on any atom is -0.492 e. The molecule has 1 aliphatic heterocycles. The summed E-state index contributed by atoms with van der Waals surface area (Å²) in [5.74, 6) is 0.619. The number of pyridine rings is 1. The Hall–Kier alpha value is -1.87. The third kappa shape index (κ3) is 1.87. The van der Waals surface area contributed by atoms with Crippen LogP contribution in [-0.4, -0.2) is 17.4 Å². The van der Waals surface area contributed by atoms with E-state index in [0.717, 1.165) is 12.0 Å². The zero-order valence-electron chi connectivity index (χ0n) is 9.52. The van der Waals surface area contributed by atoms with Crippen LogP contribution >= 0.6 is 11.6 Å². The summed E-state index contributed by atoms with van der Waals surface area (Å²) in [4.78, 5) is 16.3. The molecule has 0 N–H and O–H groups in total. The first-order valence-corrected chi connectivity index (χ1v) is 6.04. The summed E-state index contributed by atoms with van der Waals surface area (Å²) < 4.78 is 5.53. The van der Waals surface area contributed by atoms with Crippen LogP contribution in [0.1, 0.15) is 21.5 Å². The molecular weight excluding hydrogens is 250 g/mol. The molecule has 0 atom stereocenters. The summed E-state index contributed by atoms with van der Waals surface area (Å²) in [6.45, 7) is 0.636. The average molecular weight is 260 g/mol. The van der Waals surface area contributed by atoms with Crippen molar-refractivity contribution < 1.29 is 9.53 Å². The highest BCUT2D eigenvalue weighted by Crippen LogP contribution is 2.31. The lowest BCUT2D eigenvalue weighted by molar-refractivity contribution is 0.103. The van der Waals surface area contributed by atoms with Gasteiger partial charge >= 0.3 is 0 Å². The Morgan fingerprint density at radius 3 is 3.06 bits per heavy atom. The molecule has 1 aromatic carbocycles. The van der Waals surface area contributed by atoms with Gasteiger partial charge < -0.3 is 4.74 Å². The van der Waals surface area contributed by atoms with Crippen LogP contribution in [0.3, 0.4) is 0 Å². The van der Waals surface area contributed by atoms with Crippen molar-refractivity contribution in [1.29, 1.82) is 0 Å². The maximum absolute atomic E-state index is 12.4. The van der Waals surface area contributed by atoms with Crippen LogP contribution in [0, 0.1) is 0 Å². The highest BCUT2D eigenvalue weighted by atomic mass is 35.5. The highest BCUT2D eigenvalue weighted by molar-refractivity contribution is 6.30. The second kappa shape index (κ2) is 4.42. The van der Waals surface area contributed by atoms with Crippen molar-refractivity contribution in [3.05, 3.63) is 58.4 Å². The summed E-state index contributed by atoms with van der Waals surface area (Å²) in [5, 5.41) is 0.314. The molecule has 0 saturated heterocycles. The smallest absolute Gasteiger partial charge is 0.196 e. The van der Waals surface area contributed by atoms with E-state index >= 15 is 0 Å². The van der Waals surface area contributed by atoms with E-state index in [2.05, 4.69) is 4.98 Å². The van der Waals surface area contributed by atoms with Crippen molar-refractivity contribution in [2.45, 2.75) is 6.42 Å². The molecule has 4 heteroatoms. The van der Waals surface area contributed by atoms with Crippen molar-refractivity contribution in [2.75, 3.05) is 6.61 Å². The molecule has 0 bridgehead atoms. The average Bonchev–Trinajstić information content (AvgIpc) is 2.86. The molecule has 3 nitrogen and oxygen atoms in total. The molecule has 18 heavy (non-hydrogen) atoms. The predicted octanol–water partition coefficient (Wildman–Crippen LogP) is 2.90. The summed E-state index contributed by atoms with van der Waals surface area (Å²) in [6.07, 6.45) is 2.38. The number of carbonyl (C=O) groups is 1. The first-order chi connectivity index (χ1) is 8.75. The van der Waals surface area contributed by atoms with Gasteiger partial charge in [0, 0.05) is 18.2 Å². The number of benzene rings is 1. The molecule has 0 aliphatic carbocycles. The number of carbonyl (C=O) groups excluding carboxylic acids is 1. The monoisotopic (exact) mass is 259 g/mol. The van der Waals surface area contributed by atoms with Crippen molar-refractivity contribution in [3.63, 3.8) is 0 Å². The number of ketones is 1. The molecule has 90 valence electrons. The van der Waals surface area contributed by atoms with E-state index < -0.39 is 0 Å². The van der Waals surface area contributed by atoms with Crippen LogP contribution in [0.15, 0.2) is 36.5 Å². The predicted molar refractivity (Wildman–Crippen MR) is 68.3 cm³/mol. The molecule has 2 aromatic rings. The molecule has 1 aromatic heterocycles. The summed E-state index contributed by atoms with van der Waals surface area (Å²) in [6, 6.07) is 8.86. The standard InChI is InChI=1S/C14H10ClNO2/c15-12-8-10(4-6-16-12)13(17)11-3-1-2-9-5-7-18-14(9)11/h1-4,6,8H,5,7H2. The molecule has 0 saturated carbocycles. The van der Waals surface area contributed by atoms with Crippen LogP contribution in [0.25, 0.3) is 0 Å². The van der Waals surface area contributed by atoms with Crippen LogP contribution in [0.4, 0.5) is 0 Å². The van der Waals surface area contributed by atoms with Gasteiger partial charge in [-0.15, -0.1) is 0 Å². The molecule has 2 heterocycles. The molecule has 3 rings (SSSR count). The van der Waals surface area contributed by atoms with Gasteiger partial charge in [-0.2, -0.15) is 0 Å². The van der Waals surface area contributed by atoms with E-state index in [4.69, 9.17) is 16.3 Å². The number of ether oxygens (including phenoxy) is 1. The molecule has 1 aliphatic rings. The normalized spacial score (nSPS) is 12.9. The van der Waals surface area contributed by atoms with E-state index in [0.29, 0.717) is 28.6 Å². The second-order valence-electron chi connectivity index (χ2n) is 4.09. The lowest BCUT2D eigenvalue weighted by Crippen LogP contribution is -2.04. The van der Waals surface area contributed by atoms with E-state index in [1.54, 1.807) is 18.2 Å². The second-order valence-corrected chi connectivity index (χ2v) is 4.48. The van der Waals surface area contributed by atoms with Gasteiger partial charge in [-0.1, -0.05) is 23.7 Å². The molecule has 0 amide bonds. The zero-order valence-corrected chi connectivity index (χ0v) is 10.3. The van der Waals surface area contributed by atoms with Crippen LogP contribution in [0.2, 0.25) is 5.15 Å². The summed E-state index contributed by atoms with van der Waals surface area (Å²) >= 11 is 5.80. The number of aromatic nitrogens is 1. The number of halogens is 1. The largest absolute Gasteiger partial charge is 0.492 e. The number of hydrogen-bond donors (Lipinski definition) is 0. The van der Waals surface area contributed by atoms with Crippen LogP contribution in [0.5, 0.6) is 5.75 Å². The van der Waals surface area contributed by atoms with Gasteiger partial charge in [0.15, 0.2) is 5.78 Å². The van der Waals surface area contributed by atoms with Crippen LogP contribution < -0.4 is 4.74 Å². The lowest BCUT2D eigenvalue weighted by Gasteiger charge is -2.07. The van der Waals surface area contributed by atoms with E-state index in [9.17, 15) is 4.79 Å². The third-order valence-corrected chi connectivity index (χ3v) is 3.15. The fourth-order valence-corrected chi connectivity index (χ4v) is 2.27. The number of para-hydroxylation sites is 1. The fourth-order valence-electron chi connectivity index (χ4n) is 2.09. The third-order valence-electron chi connectivity index (χ3n) is 2.95. The van der Waals surface area contributed by atoms with E-state index in [1.165, 1.54) is 6.20 Å². The molecule has 0 fully saturated rings. The molecule has 0 radical (unpaired) electrons. The minimum atomic E-state index is -0.0851. The highest BCUT2D eigenvalue weighted by Gasteiger charge is 2.21. The van der Waals surface area contributed by atoms with Gasteiger partial charge in [0.1, 0.15) is 10.9 Å². The van der Waals surface area contributed by atoms with Gasteiger partial charge in [-0.25, -0.2) is 4.98 Å². The molecule has 0 spiro atoms. The van der Waals surface area contributed by atoms with E-state index in [-0.39, 0.29) is 5.78 Å². The van der Waals surface area contributed by atoms with Crippen LogP contribution in [-0.2, 0) is 6.42 Å². The molecular formula is C14H10ClNO2. The summed E-state index contributed by atoms with van der Waals surface area (Å²) in [5.41, 5.74) is 2.20. The van der Waals surface area contributed by atoms with Gasteiger partial charge in [-0.3, -0.25) is 4.79 Å². The van der Waals surface area contributed by atoms with Gasteiger partial charge in [0.2, 0.25) is 0 Å². The zero-order chi connectivity index (χ0) is 12.5.